The van der Waals surface area contributed by atoms with Gasteiger partial charge < -0.3 is 5.32 Å². The number of amides is 1. The normalized spacial score (nSPS) is 17.1. The number of nitrogens with one attached hydrogen (secondary N) is 1. The molecule has 0 radical (unpaired) electrons. The molecule has 1 fully saturated rings. The summed E-state index contributed by atoms with van der Waals surface area (Å²) >= 11 is 0. The molecular weight excluding hydrogens is 235 g/mol. The van der Waals surface area contributed by atoms with Gasteiger partial charge in [0.2, 0.25) is 5.91 Å². The molecule has 1 saturated heterocycles. The van der Waals surface area contributed by atoms with Crippen LogP contribution >= 0.6 is 0 Å². The van der Waals surface area contributed by atoms with Gasteiger partial charge in [-0.05, 0) is 12.1 Å². The third kappa shape index (κ3) is 3.37. The maximum absolute atomic E-state index is 13.0. The van der Waals surface area contributed by atoms with Crippen LogP contribution in [0.3, 0.4) is 0 Å². The molecule has 0 atom stereocenters. The molecule has 18 heavy (non-hydrogen) atoms. The van der Waals surface area contributed by atoms with Crippen molar-refractivity contribution in [2.75, 3.05) is 26.2 Å². The number of rotatable bonds is 3. The molecule has 96 valence electrons. The van der Waals surface area contributed by atoms with Gasteiger partial charge in [-0.15, -0.1) is 0 Å². The number of benzene rings is 1. The molecule has 1 amide bonds. The van der Waals surface area contributed by atoms with Crippen LogP contribution in [-0.4, -0.2) is 42.8 Å². The fraction of sp³-hybridized carbons (Fsp3) is 0.385. The molecule has 5 heteroatoms. The monoisotopic (exact) mass is 250 g/mol. The molecular formula is C13H15FN2O2. The molecule has 2 rings (SSSR count). The molecule has 0 saturated carbocycles. The highest BCUT2D eigenvalue weighted by Crippen LogP contribution is 2.06. The van der Waals surface area contributed by atoms with E-state index in [1.807, 2.05) is 4.90 Å². The smallest absolute Gasteiger partial charge is 0.221 e. The van der Waals surface area contributed by atoms with Crippen molar-refractivity contribution in [3.63, 3.8) is 0 Å². The number of carbonyl (C=O) groups is 2. The zero-order chi connectivity index (χ0) is 13.0. The average molecular weight is 250 g/mol. The van der Waals surface area contributed by atoms with Crippen molar-refractivity contribution in [3.05, 3.63) is 35.6 Å². The zero-order valence-corrected chi connectivity index (χ0v) is 9.99. The van der Waals surface area contributed by atoms with E-state index in [-0.39, 0.29) is 18.2 Å². The summed E-state index contributed by atoms with van der Waals surface area (Å²) in [5.41, 5.74) is 0.374. The van der Waals surface area contributed by atoms with Crippen molar-refractivity contribution >= 4 is 11.7 Å². The van der Waals surface area contributed by atoms with Crippen LogP contribution < -0.4 is 5.32 Å². The van der Waals surface area contributed by atoms with Gasteiger partial charge in [-0.2, -0.15) is 0 Å². The number of carbonyl (C=O) groups excluding carboxylic acids is 2. The molecule has 1 N–H and O–H groups in total. The van der Waals surface area contributed by atoms with Gasteiger partial charge in [0.25, 0.3) is 0 Å². The summed E-state index contributed by atoms with van der Waals surface area (Å²) in [6, 6.07) is 5.68. The predicted molar refractivity (Wildman–Crippen MR) is 64.8 cm³/mol. The maximum Gasteiger partial charge on any atom is 0.221 e. The van der Waals surface area contributed by atoms with Gasteiger partial charge in [-0.1, -0.05) is 12.1 Å². The van der Waals surface area contributed by atoms with Gasteiger partial charge >= 0.3 is 0 Å². The first kappa shape index (κ1) is 12.7. The van der Waals surface area contributed by atoms with Gasteiger partial charge in [0, 0.05) is 31.6 Å². The summed E-state index contributed by atoms with van der Waals surface area (Å²) < 4.78 is 13.0. The average Bonchev–Trinajstić information content (AvgIpc) is 2.54. The Morgan fingerprint density at radius 1 is 1.39 bits per heavy atom. The van der Waals surface area contributed by atoms with Crippen molar-refractivity contribution in [1.29, 1.82) is 0 Å². The molecule has 1 aliphatic rings. The Labute approximate surface area is 105 Å². The lowest BCUT2D eigenvalue weighted by atomic mass is 10.1. The van der Waals surface area contributed by atoms with Crippen LogP contribution in [0.15, 0.2) is 24.3 Å². The quantitative estimate of drug-likeness (QED) is 0.808. The van der Waals surface area contributed by atoms with E-state index in [0.717, 1.165) is 0 Å². The largest absolute Gasteiger partial charge is 0.355 e. The molecule has 0 spiro atoms. The highest BCUT2D eigenvalue weighted by atomic mass is 19.1. The second kappa shape index (κ2) is 5.73. The Morgan fingerprint density at radius 3 is 3.00 bits per heavy atom. The Kier molecular flexibility index (Phi) is 4.04. The van der Waals surface area contributed by atoms with Gasteiger partial charge in [0.1, 0.15) is 5.82 Å². The van der Waals surface area contributed by atoms with E-state index in [9.17, 15) is 14.0 Å². The van der Waals surface area contributed by atoms with Crippen LogP contribution in [-0.2, 0) is 4.79 Å². The van der Waals surface area contributed by atoms with E-state index in [2.05, 4.69) is 5.32 Å². The molecule has 0 unspecified atom stereocenters. The van der Waals surface area contributed by atoms with Gasteiger partial charge in [0.15, 0.2) is 5.78 Å². The van der Waals surface area contributed by atoms with Crippen molar-refractivity contribution in [1.82, 2.24) is 10.2 Å². The topological polar surface area (TPSA) is 49.4 Å². The minimum Gasteiger partial charge on any atom is -0.355 e. The molecule has 1 aliphatic heterocycles. The fourth-order valence-electron chi connectivity index (χ4n) is 1.93. The van der Waals surface area contributed by atoms with Crippen LogP contribution in [0.2, 0.25) is 0 Å². The van der Waals surface area contributed by atoms with Gasteiger partial charge in [-0.25, -0.2) is 4.39 Å². The number of nitrogens with zero attached hydrogens (tertiary/aromatic N) is 1. The number of ketones is 1. The standard InChI is InChI=1S/C13H15FN2O2/c14-11-3-1-2-10(8-11)12(17)9-16-6-4-13(18)15-5-7-16/h1-3,8H,4-7,9H2,(H,15,18). The second-order valence-corrected chi connectivity index (χ2v) is 4.31. The summed E-state index contributed by atoms with van der Waals surface area (Å²) in [5.74, 6) is -0.520. The van der Waals surface area contributed by atoms with Crippen LogP contribution in [0.1, 0.15) is 16.8 Å². The first-order valence-electron chi connectivity index (χ1n) is 5.93. The lowest BCUT2D eigenvalue weighted by Crippen LogP contribution is -2.33. The van der Waals surface area contributed by atoms with E-state index in [1.54, 1.807) is 6.07 Å². The number of hydrogen-bond acceptors (Lipinski definition) is 3. The number of hydrogen-bond donors (Lipinski definition) is 1. The summed E-state index contributed by atoms with van der Waals surface area (Å²) in [5, 5.41) is 2.74. The molecule has 1 heterocycles. The summed E-state index contributed by atoms with van der Waals surface area (Å²) in [6.07, 6.45) is 0.399. The third-order valence-electron chi connectivity index (χ3n) is 2.92. The summed E-state index contributed by atoms with van der Waals surface area (Å²) in [7, 11) is 0. The van der Waals surface area contributed by atoms with Crippen molar-refractivity contribution in [2.24, 2.45) is 0 Å². The highest BCUT2D eigenvalue weighted by molar-refractivity contribution is 5.97. The van der Waals surface area contributed by atoms with Crippen molar-refractivity contribution in [2.45, 2.75) is 6.42 Å². The van der Waals surface area contributed by atoms with Crippen LogP contribution in [0, 0.1) is 5.82 Å². The third-order valence-corrected chi connectivity index (χ3v) is 2.92. The fourth-order valence-corrected chi connectivity index (χ4v) is 1.93. The Bertz CT molecular complexity index is 462. The lowest BCUT2D eigenvalue weighted by Gasteiger charge is -2.17. The first-order chi connectivity index (χ1) is 8.65. The Balaban J connectivity index is 1.96. The minimum absolute atomic E-state index is 0.00991. The minimum atomic E-state index is -0.409. The molecule has 1 aromatic carbocycles. The van der Waals surface area contributed by atoms with Crippen molar-refractivity contribution < 1.29 is 14.0 Å². The second-order valence-electron chi connectivity index (χ2n) is 4.31. The number of Topliss-reactive ketones (excluding diaryl/α,β-unsaturated/α-hetero) is 1. The molecule has 0 aliphatic carbocycles. The molecule has 0 aromatic heterocycles. The summed E-state index contributed by atoms with van der Waals surface area (Å²) in [6.45, 7) is 1.98. The molecule has 4 nitrogen and oxygen atoms in total. The Hall–Kier alpha value is -1.75. The van der Waals surface area contributed by atoms with E-state index in [1.165, 1.54) is 18.2 Å². The SMILES string of the molecule is O=C1CCN(CC(=O)c2cccc(F)c2)CCN1. The lowest BCUT2D eigenvalue weighted by molar-refractivity contribution is -0.120. The predicted octanol–water partition coefficient (Wildman–Crippen LogP) is 0.830. The number of halogens is 1. The Morgan fingerprint density at radius 2 is 2.22 bits per heavy atom. The van der Waals surface area contributed by atoms with Gasteiger partial charge in [0.05, 0.1) is 6.54 Å². The first-order valence-corrected chi connectivity index (χ1v) is 5.93. The van der Waals surface area contributed by atoms with Crippen molar-refractivity contribution in [3.8, 4) is 0 Å². The van der Waals surface area contributed by atoms with Crippen LogP contribution in [0.25, 0.3) is 0 Å². The zero-order valence-electron chi connectivity index (χ0n) is 9.99. The molecule has 0 bridgehead atoms. The highest BCUT2D eigenvalue weighted by Gasteiger charge is 2.17. The van der Waals surface area contributed by atoms with E-state index in [4.69, 9.17) is 0 Å². The van der Waals surface area contributed by atoms with Crippen LogP contribution in [0.5, 0.6) is 0 Å². The van der Waals surface area contributed by atoms with E-state index in [0.29, 0.717) is 31.6 Å². The van der Waals surface area contributed by atoms with E-state index < -0.39 is 5.82 Å². The van der Waals surface area contributed by atoms with Gasteiger partial charge in [-0.3, -0.25) is 14.5 Å². The summed E-state index contributed by atoms with van der Waals surface area (Å²) in [4.78, 5) is 25.0. The van der Waals surface area contributed by atoms with Crippen LogP contribution in [0.4, 0.5) is 4.39 Å². The van der Waals surface area contributed by atoms with E-state index >= 15 is 0 Å². The maximum atomic E-state index is 13.0. The molecule has 1 aromatic rings.